The number of nitrogens with two attached hydrogens (primary N) is 1. The summed E-state index contributed by atoms with van der Waals surface area (Å²) >= 11 is 1.80. The number of para-hydroxylation sites is 1. The number of hydrazine groups is 1. The molecule has 2 aromatic carbocycles. The molecule has 1 aliphatic heterocycles. The molecule has 1 atom stereocenters. The van der Waals surface area contributed by atoms with Gasteiger partial charge in [-0.05, 0) is 30.5 Å². The lowest BCUT2D eigenvalue weighted by atomic mass is 9.99. The molecule has 0 saturated heterocycles. The number of hydrogen-bond donors (Lipinski definition) is 2. The van der Waals surface area contributed by atoms with Gasteiger partial charge in [-0.2, -0.15) is 0 Å². The van der Waals surface area contributed by atoms with E-state index in [0.717, 1.165) is 36.5 Å². The minimum atomic E-state index is 0.0863. The maximum absolute atomic E-state index is 5.88. The van der Waals surface area contributed by atoms with Crippen molar-refractivity contribution in [3.8, 4) is 5.75 Å². The molecular formula is C17H20N2OS. The van der Waals surface area contributed by atoms with Gasteiger partial charge in [0.15, 0.2) is 0 Å². The Hall–Kier alpha value is -1.49. The van der Waals surface area contributed by atoms with E-state index in [1.165, 1.54) is 10.5 Å². The largest absolute Gasteiger partial charge is 0.493 e. The molecular weight excluding hydrogens is 280 g/mol. The van der Waals surface area contributed by atoms with E-state index < -0.39 is 0 Å². The first-order chi connectivity index (χ1) is 10.4. The monoisotopic (exact) mass is 300 g/mol. The zero-order valence-corrected chi connectivity index (χ0v) is 12.7. The number of hydrogen-bond acceptors (Lipinski definition) is 4. The predicted molar refractivity (Wildman–Crippen MR) is 87.5 cm³/mol. The summed E-state index contributed by atoms with van der Waals surface area (Å²) in [6.45, 7) is 0.799. The van der Waals surface area contributed by atoms with E-state index in [1.807, 2.05) is 6.07 Å². The molecule has 21 heavy (non-hydrogen) atoms. The molecule has 110 valence electrons. The predicted octanol–water partition coefficient (Wildman–Crippen LogP) is 3.31. The third kappa shape index (κ3) is 3.40. The van der Waals surface area contributed by atoms with Crippen LogP contribution in [0.15, 0.2) is 53.4 Å². The van der Waals surface area contributed by atoms with Crippen molar-refractivity contribution in [2.75, 3.05) is 12.4 Å². The topological polar surface area (TPSA) is 47.3 Å². The lowest BCUT2D eigenvalue weighted by molar-refractivity contribution is 0.282. The van der Waals surface area contributed by atoms with Gasteiger partial charge in [0, 0.05) is 16.2 Å². The van der Waals surface area contributed by atoms with Crippen LogP contribution < -0.4 is 16.0 Å². The molecule has 0 fully saturated rings. The summed E-state index contributed by atoms with van der Waals surface area (Å²) in [6.07, 6.45) is 2.18. The van der Waals surface area contributed by atoms with Gasteiger partial charge in [0.05, 0.1) is 12.6 Å². The quantitative estimate of drug-likeness (QED) is 0.505. The van der Waals surface area contributed by atoms with E-state index in [9.17, 15) is 0 Å². The normalized spacial score (nSPS) is 15.1. The molecule has 3 rings (SSSR count). The van der Waals surface area contributed by atoms with Gasteiger partial charge >= 0.3 is 0 Å². The van der Waals surface area contributed by atoms with Crippen molar-refractivity contribution in [3.05, 3.63) is 59.7 Å². The standard InChI is InChI=1S/C17H20N2OS/c18-19-16(12-21-14-8-2-1-3-9-14)15-10-4-6-13-7-5-11-20-17(13)15/h1-4,6,8-10,16,19H,5,7,11-12,18H2. The average Bonchev–Trinajstić information content (AvgIpc) is 2.56. The Morgan fingerprint density at radius 1 is 1.14 bits per heavy atom. The Labute approximate surface area is 129 Å². The molecule has 0 spiro atoms. The van der Waals surface area contributed by atoms with Crippen molar-refractivity contribution >= 4 is 11.8 Å². The van der Waals surface area contributed by atoms with Crippen molar-refractivity contribution in [1.82, 2.24) is 5.43 Å². The highest BCUT2D eigenvalue weighted by Gasteiger charge is 2.20. The Morgan fingerprint density at radius 2 is 2.00 bits per heavy atom. The van der Waals surface area contributed by atoms with Crippen LogP contribution in [0.2, 0.25) is 0 Å². The van der Waals surface area contributed by atoms with Gasteiger partial charge in [-0.15, -0.1) is 11.8 Å². The van der Waals surface area contributed by atoms with Crippen molar-refractivity contribution in [3.63, 3.8) is 0 Å². The molecule has 0 aromatic heterocycles. The average molecular weight is 300 g/mol. The molecule has 4 heteroatoms. The summed E-state index contributed by atoms with van der Waals surface area (Å²) in [5.74, 6) is 7.69. The van der Waals surface area contributed by atoms with E-state index in [0.29, 0.717) is 0 Å². The van der Waals surface area contributed by atoms with Crippen LogP contribution in [0.25, 0.3) is 0 Å². The van der Waals surface area contributed by atoms with Gasteiger partial charge in [-0.25, -0.2) is 0 Å². The Balaban J connectivity index is 1.77. The van der Waals surface area contributed by atoms with Crippen LogP contribution in [0.4, 0.5) is 0 Å². The van der Waals surface area contributed by atoms with Crippen LogP contribution in [-0.4, -0.2) is 12.4 Å². The summed E-state index contributed by atoms with van der Waals surface area (Å²) in [5.41, 5.74) is 5.40. The molecule has 1 unspecified atom stereocenters. The van der Waals surface area contributed by atoms with Gasteiger partial charge in [0.1, 0.15) is 5.75 Å². The lowest BCUT2D eigenvalue weighted by Gasteiger charge is -2.24. The van der Waals surface area contributed by atoms with Crippen LogP contribution >= 0.6 is 11.8 Å². The fraction of sp³-hybridized carbons (Fsp3) is 0.294. The zero-order chi connectivity index (χ0) is 14.5. The minimum Gasteiger partial charge on any atom is -0.493 e. The number of rotatable bonds is 5. The van der Waals surface area contributed by atoms with Gasteiger partial charge in [-0.3, -0.25) is 11.3 Å². The number of thioether (sulfide) groups is 1. The summed E-state index contributed by atoms with van der Waals surface area (Å²) < 4.78 is 5.88. The Kier molecular flexibility index (Phi) is 4.80. The van der Waals surface area contributed by atoms with Gasteiger partial charge in [-0.1, -0.05) is 36.4 Å². The molecule has 1 aliphatic rings. The van der Waals surface area contributed by atoms with E-state index in [2.05, 4.69) is 47.9 Å². The van der Waals surface area contributed by atoms with Crippen molar-refractivity contribution in [2.45, 2.75) is 23.8 Å². The summed E-state index contributed by atoms with van der Waals surface area (Å²) in [5, 5.41) is 0. The minimum absolute atomic E-state index is 0.0863. The van der Waals surface area contributed by atoms with Crippen LogP contribution in [-0.2, 0) is 6.42 Å². The first-order valence-corrected chi connectivity index (χ1v) is 8.25. The third-order valence-electron chi connectivity index (χ3n) is 3.70. The highest BCUT2D eigenvalue weighted by Crippen LogP contribution is 2.34. The highest BCUT2D eigenvalue weighted by molar-refractivity contribution is 7.99. The number of benzene rings is 2. The molecule has 0 saturated carbocycles. The Morgan fingerprint density at radius 3 is 2.81 bits per heavy atom. The van der Waals surface area contributed by atoms with Gasteiger partial charge in [0.2, 0.25) is 0 Å². The highest BCUT2D eigenvalue weighted by atomic mass is 32.2. The second-order valence-corrected chi connectivity index (χ2v) is 6.22. The van der Waals surface area contributed by atoms with Crippen LogP contribution in [0, 0.1) is 0 Å². The fourth-order valence-electron chi connectivity index (χ4n) is 2.61. The summed E-state index contributed by atoms with van der Waals surface area (Å²) in [4.78, 5) is 1.25. The third-order valence-corrected chi connectivity index (χ3v) is 4.81. The second-order valence-electron chi connectivity index (χ2n) is 5.13. The van der Waals surface area contributed by atoms with Crippen molar-refractivity contribution in [1.29, 1.82) is 0 Å². The number of fused-ring (bicyclic) bond motifs is 1. The van der Waals surface area contributed by atoms with Crippen LogP contribution in [0.1, 0.15) is 23.6 Å². The number of aryl methyl sites for hydroxylation is 1. The molecule has 0 bridgehead atoms. The molecule has 3 nitrogen and oxygen atoms in total. The van der Waals surface area contributed by atoms with E-state index in [-0.39, 0.29) is 6.04 Å². The van der Waals surface area contributed by atoms with E-state index in [4.69, 9.17) is 10.6 Å². The molecule has 1 heterocycles. The summed E-state index contributed by atoms with van der Waals surface area (Å²) in [7, 11) is 0. The molecule has 0 radical (unpaired) electrons. The van der Waals surface area contributed by atoms with Gasteiger partial charge in [0.25, 0.3) is 0 Å². The van der Waals surface area contributed by atoms with Crippen molar-refractivity contribution in [2.24, 2.45) is 5.84 Å². The fourth-order valence-corrected chi connectivity index (χ4v) is 3.60. The summed E-state index contributed by atoms with van der Waals surface area (Å²) in [6, 6.07) is 16.8. The van der Waals surface area contributed by atoms with E-state index in [1.54, 1.807) is 11.8 Å². The zero-order valence-electron chi connectivity index (χ0n) is 11.9. The molecule has 0 amide bonds. The molecule has 2 aromatic rings. The maximum atomic E-state index is 5.88. The van der Waals surface area contributed by atoms with Gasteiger partial charge < -0.3 is 4.74 Å². The smallest absolute Gasteiger partial charge is 0.127 e. The number of nitrogens with one attached hydrogen (secondary N) is 1. The lowest BCUT2D eigenvalue weighted by Crippen LogP contribution is -2.30. The Bertz CT molecular complexity index is 589. The first kappa shape index (κ1) is 14.4. The second kappa shape index (κ2) is 6.98. The molecule has 0 aliphatic carbocycles. The van der Waals surface area contributed by atoms with Crippen LogP contribution in [0.5, 0.6) is 5.75 Å². The van der Waals surface area contributed by atoms with Crippen LogP contribution in [0.3, 0.4) is 0 Å². The SMILES string of the molecule is NNC(CSc1ccccc1)c1cccc2c1OCCC2. The molecule has 3 N–H and O–H groups in total. The van der Waals surface area contributed by atoms with E-state index >= 15 is 0 Å². The number of ether oxygens (including phenoxy) is 1. The maximum Gasteiger partial charge on any atom is 0.127 e. The van der Waals surface area contributed by atoms with Crippen molar-refractivity contribution < 1.29 is 4.74 Å². The first-order valence-electron chi connectivity index (χ1n) is 7.27.